The monoisotopic (exact) mass is 232 g/mol. The molecule has 0 N–H and O–H groups in total. The summed E-state index contributed by atoms with van der Waals surface area (Å²) in [4.78, 5) is 12.2. The standard InChI is InChI=1S/C13H13FN2O/c1-3-16-12(6-7-15-16)13(17)10-4-5-11(14)9(2)8-10/h4-8H,3H2,1-2H3. The van der Waals surface area contributed by atoms with Crippen LogP contribution in [0.15, 0.2) is 30.5 Å². The molecule has 0 saturated heterocycles. The van der Waals surface area contributed by atoms with Crippen LogP contribution < -0.4 is 0 Å². The number of aryl methyl sites for hydroxylation is 2. The number of rotatable bonds is 3. The van der Waals surface area contributed by atoms with Crippen LogP contribution in [-0.4, -0.2) is 15.6 Å². The summed E-state index contributed by atoms with van der Waals surface area (Å²) in [7, 11) is 0. The van der Waals surface area contributed by atoms with Crippen LogP contribution in [0, 0.1) is 12.7 Å². The largest absolute Gasteiger partial charge is 0.287 e. The molecule has 17 heavy (non-hydrogen) atoms. The molecular weight excluding hydrogens is 219 g/mol. The van der Waals surface area contributed by atoms with Gasteiger partial charge in [-0.1, -0.05) is 0 Å². The fourth-order valence-corrected chi connectivity index (χ4v) is 1.71. The summed E-state index contributed by atoms with van der Waals surface area (Å²) < 4.78 is 14.7. The van der Waals surface area contributed by atoms with E-state index in [-0.39, 0.29) is 11.6 Å². The quantitative estimate of drug-likeness (QED) is 0.762. The summed E-state index contributed by atoms with van der Waals surface area (Å²) >= 11 is 0. The van der Waals surface area contributed by atoms with Gasteiger partial charge in [-0.2, -0.15) is 5.10 Å². The topological polar surface area (TPSA) is 34.9 Å². The van der Waals surface area contributed by atoms with Gasteiger partial charge < -0.3 is 0 Å². The Morgan fingerprint density at radius 3 is 2.82 bits per heavy atom. The molecule has 0 fully saturated rings. The van der Waals surface area contributed by atoms with Gasteiger partial charge in [-0.05, 0) is 43.7 Å². The van der Waals surface area contributed by atoms with Crippen molar-refractivity contribution in [1.82, 2.24) is 9.78 Å². The molecule has 88 valence electrons. The Balaban J connectivity index is 2.40. The number of carbonyl (C=O) groups is 1. The number of ketones is 1. The minimum atomic E-state index is -0.300. The molecule has 0 saturated carbocycles. The Bertz CT molecular complexity index is 560. The third kappa shape index (κ3) is 2.11. The summed E-state index contributed by atoms with van der Waals surface area (Å²) in [6.45, 7) is 4.19. The van der Waals surface area contributed by atoms with Crippen LogP contribution in [0.3, 0.4) is 0 Å². The SMILES string of the molecule is CCn1nccc1C(=O)c1ccc(F)c(C)c1. The molecule has 0 atom stereocenters. The molecule has 0 amide bonds. The van der Waals surface area contributed by atoms with Crippen LogP contribution in [-0.2, 0) is 6.54 Å². The second kappa shape index (κ2) is 4.49. The minimum absolute atomic E-state index is 0.132. The molecule has 2 rings (SSSR count). The summed E-state index contributed by atoms with van der Waals surface area (Å²) in [6, 6.07) is 6.04. The molecule has 0 radical (unpaired) electrons. The van der Waals surface area contributed by atoms with Gasteiger partial charge in [0.1, 0.15) is 11.5 Å². The molecule has 1 aromatic heterocycles. The molecule has 0 aliphatic heterocycles. The summed E-state index contributed by atoms with van der Waals surface area (Å²) in [6.07, 6.45) is 1.59. The third-order valence-electron chi connectivity index (χ3n) is 2.67. The zero-order valence-electron chi connectivity index (χ0n) is 9.77. The van der Waals surface area contributed by atoms with E-state index in [4.69, 9.17) is 0 Å². The average molecular weight is 232 g/mol. The lowest BCUT2D eigenvalue weighted by Crippen LogP contribution is -2.10. The van der Waals surface area contributed by atoms with Crippen molar-refractivity contribution in [2.75, 3.05) is 0 Å². The molecular formula is C13H13FN2O. The van der Waals surface area contributed by atoms with Gasteiger partial charge in [0.05, 0.1) is 0 Å². The van der Waals surface area contributed by atoms with Crippen molar-refractivity contribution in [1.29, 1.82) is 0 Å². The van der Waals surface area contributed by atoms with E-state index < -0.39 is 0 Å². The Labute approximate surface area is 98.9 Å². The molecule has 0 unspecified atom stereocenters. The molecule has 4 heteroatoms. The van der Waals surface area contributed by atoms with Gasteiger partial charge in [0.2, 0.25) is 5.78 Å². The third-order valence-corrected chi connectivity index (χ3v) is 2.67. The maximum absolute atomic E-state index is 13.1. The highest BCUT2D eigenvalue weighted by atomic mass is 19.1. The Morgan fingerprint density at radius 1 is 1.41 bits per heavy atom. The van der Waals surface area contributed by atoms with Crippen LogP contribution in [0.4, 0.5) is 4.39 Å². The van der Waals surface area contributed by atoms with Crippen molar-refractivity contribution in [2.45, 2.75) is 20.4 Å². The summed E-state index contributed by atoms with van der Waals surface area (Å²) in [5, 5.41) is 4.04. The first-order valence-electron chi connectivity index (χ1n) is 5.46. The number of aromatic nitrogens is 2. The maximum Gasteiger partial charge on any atom is 0.211 e. The fraction of sp³-hybridized carbons (Fsp3) is 0.231. The van der Waals surface area contributed by atoms with Crippen molar-refractivity contribution in [2.24, 2.45) is 0 Å². The first-order chi connectivity index (χ1) is 8.13. The molecule has 1 aromatic carbocycles. The normalized spacial score (nSPS) is 10.5. The summed E-state index contributed by atoms with van der Waals surface area (Å²) in [5.74, 6) is -0.432. The van der Waals surface area contributed by atoms with Crippen LogP contribution in [0.5, 0.6) is 0 Å². The van der Waals surface area contributed by atoms with Gasteiger partial charge >= 0.3 is 0 Å². The lowest BCUT2D eigenvalue weighted by atomic mass is 10.1. The minimum Gasteiger partial charge on any atom is -0.287 e. The number of hydrogen-bond donors (Lipinski definition) is 0. The Hall–Kier alpha value is -1.97. The predicted octanol–water partition coefficient (Wildman–Crippen LogP) is 2.58. The fourth-order valence-electron chi connectivity index (χ4n) is 1.71. The molecule has 0 spiro atoms. The molecule has 2 aromatic rings. The van der Waals surface area contributed by atoms with Gasteiger partial charge in [0.25, 0.3) is 0 Å². The molecule has 3 nitrogen and oxygen atoms in total. The van der Waals surface area contributed by atoms with Gasteiger partial charge in [-0.15, -0.1) is 0 Å². The highest BCUT2D eigenvalue weighted by molar-refractivity contribution is 6.07. The second-order valence-electron chi connectivity index (χ2n) is 3.83. The number of nitrogens with zero attached hydrogens (tertiary/aromatic N) is 2. The molecule has 0 aliphatic carbocycles. The highest BCUT2D eigenvalue weighted by Crippen LogP contribution is 2.13. The van der Waals surface area contributed by atoms with Crippen molar-refractivity contribution in [3.8, 4) is 0 Å². The zero-order valence-corrected chi connectivity index (χ0v) is 9.77. The number of carbonyl (C=O) groups excluding carboxylic acids is 1. The lowest BCUT2D eigenvalue weighted by molar-refractivity contribution is 0.102. The lowest BCUT2D eigenvalue weighted by Gasteiger charge is -2.05. The second-order valence-corrected chi connectivity index (χ2v) is 3.83. The maximum atomic E-state index is 13.1. The van der Waals surface area contributed by atoms with E-state index in [1.54, 1.807) is 29.9 Å². The van der Waals surface area contributed by atoms with Crippen LogP contribution in [0.25, 0.3) is 0 Å². The van der Waals surface area contributed by atoms with Crippen LogP contribution in [0.1, 0.15) is 28.5 Å². The van der Waals surface area contributed by atoms with E-state index in [1.807, 2.05) is 6.92 Å². The molecule has 0 aliphatic rings. The van der Waals surface area contributed by atoms with Gasteiger partial charge in [-0.3, -0.25) is 9.48 Å². The van der Waals surface area contributed by atoms with E-state index in [2.05, 4.69) is 5.10 Å². The van der Waals surface area contributed by atoms with Crippen molar-refractivity contribution in [3.63, 3.8) is 0 Å². The van der Waals surface area contributed by atoms with E-state index >= 15 is 0 Å². The Kier molecular flexibility index (Phi) is 3.04. The van der Waals surface area contributed by atoms with Crippen LogP contribution >= 0.6 is 0 Å². The van der Waals surface area contributed by atoms with E-state index in [9.17, 15) is 9.18 Å². The molecule has 0 bridgehead atoms. The van der Waals surface area contributed by atoms with E-state index in [1.165, 1.54) is 12.1 Å². The van der Waals surface area contributed by atoms with Crippen molar-refractivity contribution >= 4 is 5.78 Å². The summed E-state index contributed by atoms with van der Waals surface area (Å²) in [5.41, 5.74) is 1.48. The molecule has 1 heterocycles. The van der Waals surface area contributed by atoms with E-state index in [0.29, 0.717) is 23.4 Å². The first kappa shape index (κ1) is 11.5. The van der Waals surface area contributed by atoms with E-state index in [0.717, 1.165) is 0 Å². The predicted molar refractivity (Wildman–Crippen MR) is 62.5 cm³/mol. The van der Waals surface area contributed by atoms with Crippen LogP contribution in [0.2, 0.25) is 0 Å². The number of benzene rings is 1. The van der Waals surface area contributed by atoms with Gasteiger partial charge in [-0.25, -0.2) is 4.39 Å². The number of halogens is 1. The van der Waals surface area contributed by atoms with Crippen molar-refractivity contribution in [3.05, 3.63) is 53.1 Å². The smallest absolute Gasteiger partial charge is 0.211 e. The van der Waals surface area contributed by atoms with Crippen molar-refractivity contribution < 1.29 is 9.18 Å². The average Bonchev–Trinajstić information content (AvgIpc) is 2.80. The zero-order chi connectivity index (χ0) is 12.4. The van der Waals surface area contributed by atoms with Gasteiger partial charge in [0.15, 0.2) is 0 Å². The van der Waals surface area contributed by atoms with Gasteiger partial charge in [0, 0.05) is 18.3 Å². The first-order valence-corrected chi connectivity index (χ1v) is 5.46. The number of hydrogen-bond acceptors (Lipinski definition) is 2. The Morgan fingerprint density at radius 2 is 2.18 bits per heavy atom. The highest BCUT2D eigenvalue weighted by Gasteiger charge is 2.14.